The Morgan fingerprint density at radius 1 is 1.22 bits per heavy atom. The van der Waals surface area contributed by atoms with Crippen LogP contribution in [0.25, 0.3) is 11.0 Å². The first-order valence-corrected chi connectivity index (χ1v) is 6.21. The standard InChI is InChI=1S/C15H20FNO/c1-9-6-11(16)7-12-10(2)13(18-14(9)12)8-17-15(3,4)5/h6-7,17H,8H2,1-5H3. The minimum Gasteiger partial charge on any atom is -0.459 e. The molecule has 0 aliphatic heterocycles. The SMILES string of the molecule is Cc1c(CNC(C)(C)C)oc2c(C)cc(F)cc12. The monoisotopic (exact) mass is 249 g/mol. The molecule has 0 atom stereocenters. The first-order chi connectivity index (χ1) is 8.28. The van der Waals surface area contributed by atoms with Gasteiger partial charge in [0.05, 0.1) is 6.54 Å². The Labute approximate surface area is 107 Å². The third kappa shape index (κ3) is 2.56. The normalized spacial score (nSPS) is 12.3. The Bertz CT molecular complexity index is 578. The molecule has 1 N–H and O–H groups in total. The second kappa shape index (κ2) is 4.39. The highest BCUT2D eigenvalue weighted by molar-refractivity contribution is 5.84. The number of benzene rings is 1. The Morgan fingerprint density at radius 2 is 1.89 bits per heavy atom. The molecule has 0 aliphatic carbocycles. The van der Waals surface area contributed by atoms with E-state index in [1.807, 2.05) is 13.8 Å². The van der Waals surface area contributed by atoms with E-state index in [1.165, 1.54) is 6.07 Å². The molecule has 0 fully saturated rings. The molecule has 98 valence electrons. The molecule has 1 aromatic heterocycles. The molecular weight excluding hydrogens is 229 g/mol. The van der Waals surface area contributed by atoms with Crippen LogP contribution in [-0.2, 0) is 6.54 Å². The average molecular weight is 249 g/mol. The van der Waals surface area contributed by atoms with Gasteiger partial charge in [-0.3, -0.25) is 0 Å². The maximum absolute atomic E-state index is 13.4. The van der Waals surface area contributed by atoms with Crippen molar-refractivity contribution < 1.29 is 8.81 Å². The van der Waals surface area contributed by atoms with Crippen molar-refractivity contribution in [1.82, 2.24) is 5.32 Å². The summed E-state index contributed by atoms with van der Waals surface area (Å²) in [4.78, 5) is 0. The van der Waals surface area contributed by atoms with E-state index in [1.54, 1.807) is 6.07 Å². The van der Waals surface area contributed by atoms with E-state index in [0.717, 1.165) is 27.9 Å². The van der Waals surface area contributed by atoms with Crippen LogP contribution in [0.5, 0.6) is 0 Å². The van der Waals surface area contributed by atoms with Gasteiger partial charge in [0.1, 0.15) is 17.2 Å². The van der Waals surface area contributed by atoms with Gasteiger partial charge in [0.2, 0.25) is 0 Å². The van der Waals surface area contributed by atoms with Gasteiger partial charge in [-0.25, -0.2) is 4.39 Å². The molecule has 2 aromatic rings. The molecule has 1 heterocycles. The molecule has 2 nitrogen and oxygen atoms in total. The fraction of sp³-hybridized carbons (Fsp3) is 0.467. The summed E-state index contributed by atoms with van der Waals surface area (Å²) >= 11 is 0. The molecular formula is C15H20FNO. The highest BCUT2D eigenvalue weighted by Crippen LogP contribution is 2.29. The summed E-state index contributed by atoms with van der Waals surface area (Å²) in [6.45, 7) is 10.8. The maximum Gasteiger partial charge on any atom is 0.137 e. The first-order valence-electron chi connectivity index (χ1n) is 6.21. The van der Waals surface area contributed by atoms with Gasteiger partial charge in [0, 0.05) is 10.9 Å². The predicted octanol–water partition coefficient (Wildman–Crippen LogP) is 4.08. The molecule has 0 aliphatic rings. The van der Waals surface area contributed by atoms with Crippen molar-refractivity contribution in [3.05, 3.63) is 34.8 Å². The van der Waals surface area contributed by atoms with Gasteiger partial charge in [-0.05, 0) is 57.9 Å². The molecule has 0 bridgehead atoms. The zero-order valence-electron chi connectivity index (χ0n) is 11.6. The highest BCUT2D eigenvalue weighted by Gasteiger charge is 2.16. The zero-order valence-corrected chi connectivity index (χ0v) is 11.6. The quantitative estimate of drug-likeness (QED) is 0.867. The number of rotatable bonds is 2. The van der Waals surface area contributed by atoms with Crippen LogP contribution in [-0.4, -0.2) is 5.54 Å². The van der Waals surface area contributed by atoms with Crippen LogP contribution in [0.3, 0.4) is 0 Å². The first kappa shape index (κ1) is 13.1. The summed E-state index contributed by atoms with van der Waals surface area (Å²) in [5, 5.41) is 4.26. The zero-order chi connectivity index (χ0) is 13.5. The third-order valence-corrected chi connectivity index (χ3v) is 3.07. The smallest absolute Gasteiger partial charge is 0.137 e. The van der Waals surface area contributed by atoms with Crippen LogP contribution in [0.15, 0.2) is 16.5 Å². The summed E-state index contributed by atoms with van der Waals surface area (Å²) in [6.07, 6.45) is 0. The molecule has 0 spiro atoms. The third-order valence-electron chi connectivity index (χ3n) is 3.07. The molecule has 0 saturated carbocycles. The molecule has 1 aromatic carbocycles. The molecule has 0 unspecified atom stereocenters. The van der Waals surface area contributed by atoms with E-state index < -0.39 is 0 Å². The highest BCUT2D eigenvalue weighted by atomic mass is 19.1. The van der Waals surface area contributed by atoms with Crippen LogP contribution >= 0.6 is 0 Å². The van der Waals surface area contributed by atoms with Gasteiger partial charge >= 0.3 is 0 Å². The summed E-state index contributed by atoms with van der Waals surface area (Å²) in [5.41, 5.74) is 2.69. The lowest BCUT2D eigenvalue weighted by Gasteiger charge is -2.19. The van der Waals surface area contributed by atoms with Crippen molar-refractivity contribution in [1.29, 1.82) is 0 Å². The molecule has 0 saturated heterocycles. The van der Waals surface area contributed by atoms with Crippen LogP contribution in [0.2, 0.25) is 0 Å². The van der Waals surface area contributed by atoms with Crippen molar-refractivity contribution in [3.8, 4) is 0 Å². The number of aryl methyl sites for hydroxylation is 2. The molecule has 18 heavy (non-hydrogen) atoms. The number of halogens is 1. The minimum atomic E-state index is -0.209. The lowest BCUT2D eigenvalue weighted by Crippen LogP contribution is -2.35. The lowest BCUT2D eigenvalue weighted by atomic mass is 10.1. The molecule has 0 amide bonds. The second-order valence-electron chi connectivity index (χ2n) is 5.85. The van der Waals surface area contributed by atoms with Crippen LogP contribution in [0.4, 0.5) is 4.39 Å². The van der Waals surface area contributed by atoms with Gasteiger partial charge in [-0.15, -0.1) is 0 Å². The Balaban J connectivity index is 2.41. The van der Waals surface area contributed by atoms with E-state index in [0.29, 0.717) is 6.54 Å². The summed E-state index contributed by atoms with van der Waals surface area (Å²) in [7, 11) is 0. The van der Waals surface area contributed by atoms with Crippen molar-refractivity contribution in [3.63, 3.8) is 0 Å². The maximum atomic E-state index is 13.4. The van der Waals surface area contributed by atoms with Crippen LogP contribution in [0.1, 0.15) is 37.7 Å². The molecule has 0 radical (unpaired) electrons. The summed E-state index contributed by atoms with van der Waals surface area (Å²) < 4.78 is 19.3. The number of hydrogen-bond donors (Lipinski definition) is 1. The lowest BCUT2D eigenvalue weighted by molar-refractivity contribution is 0.393. The molecule has 3 heteroatoms. The topological polar surface area (TPSA) is 25.2 Å². The van der Waals surface area contributed by atoms with E-state index in [-0.39, 0.29) is 11.4 Å². The minimum absolute atomic E-state index is 0.0334. The van der Waals surface area contributed by atoms with Gasteiger partial charge in [-0.2, -0.15) is 0 Å². The van der Waals surface area contributed by atoms with E-state index >= 15 is 0 Å². The van der Waals surface area contributed by atoms with Crippen LogP contribution < -0.4 is 5.32 Å². The van der Waals surface area contributed by atoms with Crippen molar-refractivity contribution in [2.45, 2.75) is 46.7 Å². The van der Waals surface area contributed by atoms with Gasteiger partial charge in [0.25, 0.3) is 0 Å². The Morgan fingerprint density at radius 3 is 2.50 bits per heavy atom. The largest absolute Gasteiger partial charge is 0.459 e. The van der Waals surface area contributed by atoms with E-state index in [4.69, 9.17) is 4.42 Å². The predicted molar refractivity (Wildman–Crippen MR) is 72.2 cm³/mol. The van der Waals surface area contributed by atoms with Crippen molar-refractivity contribution >= 4 is 11.0 Å². The summed E-state index contributed by atoms with van der Waals surface area (Å²) in [5.74, 6) is 0.674. The van der Waals surface area contributed by atoms with Crippen molar-refractivity contribution in [2.75, 3.05) is 0 Å². The number of furan rings is 1. The van der Waals surface area contributed by atoms with Gasteiger partial charge in [-0.1, -0.05) is 0 Å². The Hall–Kier alpha value is -1.35. The van der Waals surface area contributed by atoms with Crippen LogP contribution in [0, 0.1) is 19.7 Å². The fourth-order valence-corrected chi connectivity index (χ4v) is 2.01. The van der Waals surface area contributed by atoms with Gasteiger partial charge < -0.3 is 9.73 Å². The van der Waals surface area contributed by atoms with Crippen molar-refractivity contribution in [2.24, 2.45) is 0 Å². The van der Waals surface area contributed by atoms with E-state index in [2.05, 4.69) is 26.1 Å². The molecule has 2 rings (SSSR count). The number of nitrogens with one attached hydrogen (secondary N) is 1. The summed E-state index contributed by atoms with van der Waals surface area (Å²) in [6, 6.07) is 3.05. The van der Waals surface area contributed by atoms with E-state index in [9.17, 15) is 4.39 Å². The number of fused-ring (bicyclic) bond motifs is 1. The fourth-order valence-electron chi connectivity index (χ4n) is 2.01. The van der Waals surface area contributed by atoms with Gasteiger partial charge in [0.15, 0.2) is 0 Å². The average Bonchev–Trinajstić information content (AvgIpc) is 2.53. The number of hydrogen-bond acceptors (Lipinski definition) is 2. The Kier molecular flexibility index (Phi) is 3.20. The second-order valence-corrected chi connectivity index (χ2v) is 5.85.